The molecule has 0 bridgehead atoms. The number of nitrogens with one attached hydrogen (secondary N) is 2. The first-order valence-electron chi connectivity index (χ1n) is 9.68. The van der Waals surface area contributed by atoms with Crippen LogP contribution in [0, 0.1) is 5.92 Å². The normalized spacial score (nSPS) is 20.2. The summed E-state index contributed by atoms with van der Waals surface area (Å²) >= 11 is 0. The van der Waals surface area contributed by atoms with Crippen molar-refractivity contribution in [1.29, 1.82) is 0 Å². The van der Waals surface area contributed by atoms with Crippen LogP contribution >= 0.6 is 0 Å². The van der Waals surface area contributed by atoms with Crippen LogP contribution in [-0.2, 0) is 9.59 Å². The number of primary amides is 1. The molecule has 1 saturated heterocycles. The summed E-state index contributed by atoms with van der Waals surface area (Å²) < 4.78 is 5.24. The highest BCUT2D eigenvalue weighted by Crippen LogP contribution is 2.24. The Bertz CT molecular complexity index is 792. The third-order valence-electron chi connectivity index (χ3n) is 5.32. The van der Waals surface area contributed by atoms with Crippen molar-refractivity contribution in [3.8, 4) is 5.75 Å². The van der Waals surface area contributed by atoms with Crippen LogP contribution in [0.5, 0.6) is 5.75 Å². The van der Waals surface area contributed by atoms with Gasteiger partial charge < -0.3 is 20.7 Å². The smallest absolute Gasteiger partial charge is 0.275 e. The Morgan fingerprint density at radius 2 is 1.82 bits per heavy atom. The number of carbonyl (C=O) groups excluding carboxylic acids is 2. The van der Waals surface area contributed by atoms with E-state index in [9.17, 15) is 9.59 Å². The molecule has 1 heterocycles. The highest BCUT2D eigenvalue weighted by molar-refractivity contribution is 5.78. The predicted octanol–water partition coefficient (Wildman–Crippen LogP) is 0.681. The van der Waals surface area contributed by atoms with E-state index in [0.717, 1.165) is 41.2 Å². The van der Waals surface area contributed by atoms with E-state index in [1.54, 1.807) is 7.11 Å². The van der Waals surface area contributed by atoms with Gasteiger partial charge in [-0.3, -0.25) is 9.59 Å². The summed E-state index contributed by atoms with van der Waals surface area (Å²) in [6, 6.07) is 17.4. The number of benzene rings is 2. The van der Waals surface area contributed by atoms with E-state index in [0.29, 0.717) is 13.1 Å². The maximum atomic E-state index is 12.8. The second-order valence-corrected chi connectivity index (χ2v) is 7.31. The standard InChI is InChI=1S/C22H27N3O3/c1-28-19-11-9-17(10-12-19)21(16-6-3-2-4-7-16)24-20(26)15-25-13-5-8-18(14-25)22(23)27/h2-4,6-7,9-12,18,21H,5,8,13-15H2,1H3,(H2,23,27)(H,24,26)/p+1/t18-,21+/m0/s1. The number of likely N-dealkylation sites (tertiary alicyclic amines) is 1. The zero-order valence-electron chi connectivity index (χ0n) is 16.2. The molecule has 2 amide bonds. The Hall–Kier alpha value is -2.86. The van der Waals surface area contributed by atoms with Crippen molar-refractivity contribution in [3.63, 3.8) is 0 Å². The molecule has 0 saturated carbocycles. The number of piperidine rings is 1. The summed E-state index contributed by atoms with van der Waals surface area (Å²) in [4.78, 5) is 25.4. The molecule has 28 heavy (non-hydrogen) atoms. The number of quaternary nitrogens is 1. The van der Waals surface area contributed by atoms with Crippen LogP contribution in [0.3, 0.4) is 0 Å². The average molecular weight is 382 g/mol. The van der Waals surface area contributed by atoms with Gasteiger partial charge in [0.1, 0.15) is 5.75 Å². The van der Waals surface area contributed by atoms with Gasteiger partial charge in [-0.25, -0.2) is 0 Å². The molecule has 1 aliphatic heterocycles. The Morgan fingerprint density at radius 3 is 2.46 bits per heavy atom. The van der Waals surface area contributed by atoms with Gasteiger partial charge in [-0.2, -0.15) is 0 Å². The molecule has 3 rings (SSSR count). The van der Waals surface area contributed by atoms with Crippen molar-refractivity contribution in [2.75, 3.05) is 26.7 Å². The molecule has 0 aromatic heterocycles. The molecule has 1 aliphatic rings. The lowest BCUT2D eigenvalue weighted by molar-refractivity contribution is -0.899. The molecule has 3 atom stereocenters. The van der Waals surface area contributed by atoms with Crippen LogP contribution in [0.1, 0.15) is 30.0 Å². The van der Waals surface area contributed by atoms with E-state index in [1.807, 2.05) is 54.6 Å². The largest absolute Gasteiger partial charge is 0.497 e. The SMILES string of the molecule is COc1ccc([C@H](NC(=O)C[NH+]2CCC[C@H](C(N)=O)C2)c2ccccc2)cc1. The molecule has 6 heteroatoms. The van der Waals surface area contributed by atoms with Crippen LogP contribution in [0.15, 0.2) is 54.6 Å². The molecular formula is C22H28N3O3+. The summed E-state index contributed by atoms with van der Waals surface area (Å²) in [6.45, 7) is 1.85. The molecular weight excluding hydrogens is 354 g/mol. The average Bonchev–Trinajstić information content (AvgIpc) is 2.73. The van der Waals surface area contributed by atoms with E-state index >= 15 is 0 Å². The van der Waals surface area contributed by atoms with E-state index in [4.69, 9.17) is 10.5 Å². The second kappa shape index (κ2) is 9.37. The number of carbonyl (C=O) groups is 2. The summed E-state index contributed by atoms with van der Waals surface area (Å²) in [7, 11) is 1.63. The highest BCUT2D eigenvalue weighted by atomic mass is 16.5. The molecule has 2 aromatic carbocycles. The Balaban J connectivity index is 1.72. The van der Waals surface area contributed by atoms with Gasteiger partial charge in [0, 0.05) is 0 Å². The fraction of sp³-hybridized carbons (Fsp3) is 0.364. The number of nitrogens with two attached hydrogens (primary N) is 1. The lowest BCUT2D eigenvalue weighted by atomic mass is 9.97. The first kappa shape index (κ1) is 19.9. The molecule has 1 unspecified atom stereocenters. The quantitative estimate of drug-likeness (QED) is 0.658. The van der Waals surface area contributed by atoms with Crippen molar-refractivity contribution >= 4 is 11.8 Å². The minimum absolute atomic E-state index is 0.0372. The Kier molecular flexibility index (Phi) is 6.66. The zero-order chi connectivity index (χ0) is 19.9. The van der Waals surface area contributed by atoms with E-state index in [2.05, 4.69) is 5.32 Å². The molecule has 0 radical (unpaired) electrons. The summed E-state index contributed by atoms with van der Waals surface area (Å²) in [5.74, 6) is 0.336. The van der Waals surface area contributed by atoms with E-state index < -0.39 is 0 Å². The van der Waals surface area contributed by atoms with Crippen LogP contribution in [0.4, 0.5) is 0 Å². The third-order valence-corrected chi connectivity index (χ3v) is 5.32. The highest BCUT2D eigenvalue weighted by Gasteiger charge is 2.29. The molecule has 6 nitrogen and oxygen atoms in total. The van der Waals surface area contributed by atoms with Gasteiger partial charge in [0.15, 0.2) is 6.54 Å². The summed E-state index contributed by atoms with van der Waals surface area (Å²) in [5, 5.41) is 3.16. The van der Waals surface area contributed by atoms with E-state index in [-0.39, 0.29) is 23.8 Å². The van der Waals surface area contributed by atoms with Crippen molar-refractivity contribution in [3.05, 3.63) is 65.7 Å². The maximum Gasteiger partial charge on any atom is 0.275 e. The number of amides is 2. The van der Waals surface area contributed by atoms with Gasteiger partial charge in [0.05, 0.1) is 32.2 Å². The van der Waals surface area contributed by atoms with Crippen molar-refractivity contribution in [2.45, 2.75) is 18.9 Å². The fourth-order valence-electron chi connectivity index (χ4n) is 3.79. The van der Waals surface area contributed by atoms with Crippen molar-refractivity contribution in [2.24, 2.45) is 11.7 Å². The Labute approximate surface area is 165 Å². The number of rotatable bonds is 7. The number of methoxy groups -OCH3 is 1. The topological polar surface area (TPSA) is 85.9 Å². The molecule has 1 fully saturated rings. The lowest BCUT2D eigenvalue weighted by Crippen LogP contribution is -3.15. The van der Waals surface area contributed by atoms with Crippen LogP contribution < -0.4 is 20.7 Å². The first-order chi connectivity index (χ1) is 13.6. The van der Waals surface area contributed by atoms with Gasteiger partial charge in [0.2, 0.25) is 5.91 Å². The van der Waals surface area contributed by atoms with Gasteiger partial charge in [0.25, 0.3) is 5.91 Å². The Morgan fingerprint density at radius 1 is 1.14 bits per heavy atom. The van der Waals surface area contributed by atoms with Crippen LogP contribution in [-0.4, -0.2) is 38.6 Å². The monoisotopic (exact) mass is 382 g/mol. The van der Waals surface area contributed by atoms with Crippen LogP contribution in [0.2, 0.25) is 0 Å². The summed E-state index contributed by atoms with van der Waals surface area (Å²) in [5.41, 5.74) is 7.46. The van der Waals surface area contributed by atoms with Gasteiger partial charge >= 0.3 is 0 Å². The molecule has 148 valence electrons. The minimum Gasteiger partial charge on any atom is -0.497 e. The van der Waals surface area contributed by atoms with Crippen LogP contribution in [0.25, 0.3) is 0 Å². The third kappa shape index (κ3) is 5.10. The zero-order valence-corrected chi connectivity index (χ0v) is 16.2. The van der Waals surface area contributed by atoms with Gasteiger partial charge in [-0.05, 0) is 36.1 Å². The predicted molar refractivity (Wildman–Crippen MR) is 107 cm³/mol. The number of hydrogen-bond acceptors (Lipinski definition) is 3. The molecule has 4 N–H and O–H groups in total. The van der Waals surface area contributed by atoms with Gasteiger partial charge in [-0.1, -0.05) is 42.5 Å². The molecule has 0 spiro atoms. The fourth-order valence-corrected chi connectivity index (χ4v) is 3.79. The van der Waals surface area contributed by atoms with Gasteiger partial charge in [-0.15, -0.1) is 0 Å². The maximum absolute atomic E-state index is 12.8. The van der Waals surface area contributed by atoms with Crippen molar-refractivity contribution < 1.29 is 19.2 Å². The van der Waals surface area contributed by atoms with E-state index in [1.165, 1.54) is 0 Å². The first-order valence-corrected chi connectivity index (χ1v) is 9.68. The molecule has 2 aromatic rings. The lowest BCUT2D eigenvalue weighted by Gasteiger charge is -2.28. The summed E-state index contributed by atoms with van der Waals surface area (Å²) in [6.07, 6.45) is 1.73. The number of ether oxygens (including phenoxy) is 1. The number of hydrogen-bond donors (Lipinski definition) is 3. The molecule has 0 aliphatic carbocycles. The van der Waals surface area contributed by atoms with Crippen molar-refractivity contribution in [1.82, 2.24) is 5.32 Å². The minimum atomic E-state index is -0.266. The second-order valence-electron chi connectivity index (χ2n) is 7.31.